The van der Waals surface area contributed by atoms with E-state index in [2.05, 4.69) is 4.98 Å². The van der Waals surface area contributed by atoms with E-state index in [1.165, 1.54) is 11.3 Å². The van der Waals surface area contributed by atoms with E-state index in [0.29, 0.717) is 25.4 Å². The van der Waals surface area contributed by atoms with Crippen molar-refractivity contribution < 1.29 is 14.6 Å². The van der Waals surface area contributed by atoms with Gasteiger partial charge in [0.25, 0.3) is 5.91 Å². The van der Waals surface area contributed by atoms with Crippen LogP contribution in [0.4, 0.5) is 0 Å². The summed E-state index contributed by atoms with van der Waals surface area (Å²) in [6.45, 7) is 1.85. The van der Waals surface area contributed by atoms with E-state index in [1.807, 2.05) is 46.9 Å². The zero-order valence-electron chi connectivity index (χ0n) is 14.9. The Balaban J connectivity index is 1.61. The van der Waals surface area contributed by atoms with Crippen LogP contribution in [0.3, 0.4) is 0 Å². The van der Waals surface area contributed by atoms with Crippen molar-refractivity contribution in [1.29, 1.82) is 0 Å². The van der Waals surface area contributed by atoms with Crippen LogP contribution in [0, 0.1) is 5.41 Å². The first-order valence-electron chi connectivity index (χ1n) is 8.73. The number of thiazole rings is 1. The van der Waals surface area contributed by atoms with Crippen molar-refractivity contribution in [2.75, 3.05) is 32.6 Å². The molecule has 1 aliphatic heterocycles. The minimum absolute atomic E-state index is 0.0388. The molecule has 1 amide bonds. The van der Waals surface area contributed by atoms with E-state index < -0.39 is 0 Å². The molecule has 1 aromatic heterocycles. The second kappa shape index (κ2) is 8.88. The highest BCUT2D eigenvalue weighted by molar-refractivity contribution is 8.00. The van der Waals surface area contributed by atoms with Crippen LogP contribution in [0.1, 0.15) is 29.8 Å². The van der Waals surface area contributed by atoms with Crippen LogP contribution in [-0.2, 0) is 0 Å². The monoisotopic (exact) mass is 392 g/mol. The van der Waals surface area contributed by atoms with Crippen molar-refractivity contribution in [2.45, 2.75) is 23.6 Å². The molecule has 3 rings (SSSR count). The van der Waals surface area contributed by atoms with Gasteiger partial charge in [0.2, 0.25) is 0 Å². The first kappa shape index (κ1) is 19.2. The Morgan fingerprint density at radius 3 is 2.92 bits per heavy atom. The quantitative estimate of drug-likeness (QED) is 0.730. The second-order valence-electron chi connectivity index (χ2n) is 6.60. The van der Waals surface area contributed by atoms with Gasteiger partial charge in [-0.2, -0.15) is 0 Å². The molecule has 0 spiro atoms. The van der Waals surface area contributed by atoms with Gasteiger partial charge in [0.05, 0.1) is 13.2 Å². The lowest BCUT2D eigenvalue weighted by molar-refractivity contribution is 0.0153. The minimum atomic E-state index is -0.305. The fourth-order valence-electron chi connectivity index (χ4n) is 3.31. The van der Waals surface area contributed by atoms with Gasteiger partial charge in [-0.25, -0.2) is 4.98 Å². The summed E-state index contributed by atoms with van der Waals surface area (Å²) < 4.78 is 6.70. The lowest BCUT2D eigenvalue weighted by atomic mass is 9.78. The summed E-state index contributed by atoms with van der Waals surface area (Å²) in [7, 11) is 0. The van der Waals surface area contributed by atoms with Crippen LogP contribution < -0.4 is 4.74 Å². The summed E-state index contributed by atoms with van der Waals surface area (Å²) in [6, 6.07) is 9.68. The number of hydrogen-bond donors (Lipinski definition) is 1. The molecule has 1 N–H and O–H groups in total. The number of ether oxygens (including phenoxy) is 1. The average molecular weight is 393 g/mol. The standard InChI is InChI=1S/C19H24N2O3S2/c1-25-18-20-16(12-26-18)17(23)21-10-5-8-19(13-21,14-22)9-11-24-15-6-3-2-4-7-15/h2-4,6-7,12,22H,5,8-11,13-14H2,1H3/t19-/m1/s1. The van der Waals surface area contributed by atoms with Crippen molar-refractivity contribution >= 4 is 29.0 Å². The minimum Gasteiger partial charge on any atom is -0.494 e. The highest BCUT2D eigenvalue weighted by atomic mass is 32.2. The van der Waals surface area contributed by atoms with Crippen molar-refractivity contribution in [3.63, 3.8) is 0 Å². The lowest BCUT2D eigenvalue weighted by Gasteiger charge is -2.41. The maximum absolute atomic E-state index is 12.8. The number of thioether (sulfide) groups is 1. The number of carbonyl (C=O) groups is 1. The number of aliphatic hydroxyl groups excluding tert-OH is 1. The van der Waals surface area contributed by atoms with E-state index in [9.17, 15) is 9.90 Å². The lowest BCUT2D eigenvalue weighted by Crippen LogP contribution is -2.48. The number of amides is 1. The molecule has 26 heavy (non-hydrogen) atoms. The highest BCUT2D eigenvalue weighted by Gasteiger charge is 2.37. The van der Waals surface area contributed by atoms with E-state index in [0.717, 1.165) is 29.4 Å². The average Bonchev–Trinajstić information content (AvgIpc) is 3.18. The van der Waals surface area contributed by atoms with E-state index in [1.54, 1.807) is 11.8 Å². The molecule has 2 heterocycles. The Kier molecular flexibility index (Phi) is 6.56. The molecule has 7 heteroatoms. The second-order valence-corrected chi connectivity index (χ2v) is 8.51. The SMILES string of the molecule is CSc1nc(C(=O)N2CCC[C@@](CO)(CCOc3ccccc3)C2)cs1. The maximum Gasteiger partial charge on any atom is 0.273 e. The highest BCUT2D eigenvalue weighted by Crippen LogP contribution is 2.34. The zero-order chi connectivity index (χ0) is 18.4. The van der Waals surface area contributed by atoms with Gasteiger partial charge in [0.15, 0.2) is 0 Å². The molecule has 1 fully saturated rings. The Labute approximate surface area is 162 Å². The first-order chi connectivity index (χ1) is 12.7. The molecule has 0 unspecified atom stereocenters. The van der Waals surface area contributed by atoms with E-state index in [4.69, 9.17) is 4.74 Å². The third kappa shape index (κ3) is 4.58. The number of aliphatic hydroxyl groups is 1. The summed E-state index contributed by atoms with van der Waals surface area (Å²) in [5, 5.41) is 11.9. The molecule has 0 aliphatic carbocycles. The zero-order valence-corrected chi connectivity index (χ0v) is 16.5. The normalized spacial score (nSPS) is 20.2. The maximum atomic E-state index is 12.8. The molecule has 1 aromatic carbocycles. The fraction of sp³-hybridized carbons (Fsp3) is 0.474. The van der Waals surface area contributed by atoms with Gasteiger partial charge < -0.3 is 14.7 Å². The van der Waals surface area contributed by atoms with Crippen molar-refractivity contribution in [3.05, 3.63) is 41.4 Å². The summed E-state index contributed by atoms with van der Waals surface area (Å²) in [5.41, 5.74) is 0.203. The molecular formula is C19H24N2O3S2. The molecule has 1 aliphatic rings. The summed E-state index contributed by atoms with van der Waals surface area (Å²) in [5.74, 6) is 0.791. The summed E-state index contributed by atoms with van der Waals surface area (Å²) in [6.07, 6.45) is 4.46. The third-order valence-electron chi connectivity index (χ3n) is 4.81. The van der Waals surface area contributed by atoms with Gasteiger partial charge in [-0.3, -0.25) is 4.79 Å². The fourth-order valence-corrected chi connectivity index (χ4v) is 4.54. The molecular weight excluding hydrogens is 368 g/mol. The molecule has 0 saturated carbocycles. The number of hydrogen-bond acceptors (Lipinski definition) is 6. The van der Waals surface area contributed by atoms with E-state index >= 15 is 0 Å². The van der Waals surface area contributed by atoms with E-state index in [-0.39, 0.29) is 17.9 Å². The molecule has 0 bridgehead atoms. The van der Waals surface area contributed by atoms with Crippen molar-refractivity contribution in [3.8, 4) is 5.75 Å². The topological polar surface area (TPSA) is 62.7 Å². The number of likely N-dealkylation sites (tertiary alicyclic amines) is 1. The van der Waals surface area contributed by atoms with Crippen molar-refractivity contribution in [2.24, 2.45) is 5.41 Å². The Bertz CT molecular complexity index is 723. The molecule has 1 atom stereocenters. The predicted molar refractivity (Wildman–Crippen MR) is 105 cm³/mol. The Morgan fingerprint density at radius 1 is 1.42 bits per heavy atom. The van der Waals surface area contributed by atoms with Gasteiger partial charge >= 0.3 is 0 Å². The largest absolute Gasteiger partial charge is 0.494 e. The molecule has 5 nitrogen and oxygen atoms in total. The Hall–Kier alpha value is -1.57. The third-order valence-corrected chi connectivity index (χ3v) is 6.67. The van der Waals surface area contributed by atoms with Gasteiger partial charge in [-0.15, -0.1) is 11.3 Å². The number of aromatic nitrogens is 1. The number of para-hydroxylation sites is 1. The van der Waals surface area contributed by atoms with Gasteiger partial charge in [-0.1, -0.05) is 30.0 Å². The van der Waals surface area contributed by atoms with Crippen molar-refractivity contribution in [1.82, 2.24) is 9.88 Å². The van der Waals surface area contributed by atoms with Crippen LogP contribution >= 0.6 is 23.1 Å². The van der Waals surface area contributed by atoms with Crippen LogP contribution in [-0.4, -0.2) is 53.5 Å². The van der Waals surface area contributed by atoms with Crippen LogP contribution in [0.15, 0.2) is 40.1 Å². The Morgan fingerprint density at radius 2 is 2.23 bits per heavy atom. The number of carbonyl (C=O) groups excluding carboxylic acids is 1. The number of piperidine rings is 1. The first-order valence-corrected chi connectivity index (χ1v) is 10.8. The number of nitrogens with zero attached hydrogens (tertiary/aromatic N) is 2. The van der Waals surface area contributed by atoms with Crippen LogP contribution in [0.25, 0.3) is 0 Å². The molecule has 0 radical (unpaired) electrons. The van der Waals surface area contributed by atoms with Gasteiger partial charge in [0.1, 0.15) is 15.8 Å². The van der Waals surface area contributed by atoms with Gasteiger partial charge in [0, 0.05) is 23.9 Å². The summed E-state index contributed by atoms with van der Waals surface area (Å²) in [4.78, 5) is 19.0. The summed E-state index contributed by atoms with van der Waals surface area (Å²) >= 11 is 3.04. The van der Waals surface area contributed by atoms with Crippen LogP contribution in [0.2, 0.25) is 0 Å². The molecule has 1 saturated heterocycles. The molecule has 140 valence electrons. The smallest absolute Gasteiger partial charge is 0.273 e. The number of benzene rings is 1. The number of rotatable bonds is 7. The van der Waals surface area contributed by atoms with Crippen LogP contribution in [0.5, 0.6) is 5.75 Å². The van der Waals surface area contributed by atoms with Gasteiger partial charge in [-0.05, 0) is 37.7 Å². The predicted octanol–water partition coefficient (Wildman–Crippen LogP) is 3.55. The molecule has 2 aromatic rings.